The molecule has 12 heteroatoms. The summed E-state index contributed by atoms with van der Waals surface area (Å²) in [6, 6.07) is 68.0. The van der Waals surface area contributed by atoms with Gasteiger partial charge in [0.25, 0.3) is 0 Å². The third kappa shape index (κ3) is 9.45. The van der Waals surface area contributed by atoms with Crippen LogP contribution in [0.2, 0.25) is 0 Å². The fraction of sp³-hybridized carbons (Fsp3) is 0.0411. The smallest absolute Gasteiger partial charge is 0.309 e. The molecule has 11 aromatic carbocycles. The molecule has 0 saturated carbocycles. The Balaban J connectivity index is 1.11. The van der Waals surface area contributed by atoms with E-state index in [0.29, 0.717) is 78.5 Å². The minimum Gasteiger partial charge on any atom is -0.309 e. The van der Waals surface area contributed by atoms with E-state index in [4.69, 9.17) is 19.7 Å². The van der Waals surface area contributed by atoms with Gasteiger partial charge >= 0.3 is 12.4 Å². The summed E-state index contributed by atoms with van der Waals surface area (Å²) in [6.45, 7) is 25.5. The van der Waals surface area contributed by atoms with Crippen LogP contribution in [0.25, 0.3) is 136 Å². The van der Waals surface area contributed by atoms with Crippen LogP contribution in [-0.2, 0) is 12.4 Å². The van der Waals surface area contributed by atoms with E-state index in [-0.39, 0.29) is 0 Å². The van der Waals surface area contributed by atoms with Crippen molar-refractivity contribution in [3.8, 4) is 84.2 Å². The largest absolute Gasteiger partial charge is 0.416 e. The number of rotatable bonds is 8. The molecule has 0 radical (unpaired) electrons. The van der Waals surface area contributed by atoms with Crippen molar-refractivity contribution in [3.05, 3.63) is 281 Å². The van der Waals surface area contributed by atoms with Crippen LogP contribution in [0, 0.1) is 38.0 Å². The van der Waals surface area contributed by atoms with E-state index in [1.165, 1.54) is 12.1 Å². The fourth-order valence-electron chi connectivity index (χ4n) is 11.7. The van der Waals surface area contributed by atoms with Gasteiger partial charge in [-0.1, -0.05) is 109 Å². The lowest BCUT2D eigenvalue weighted by atomic mass is 9.93. The molecule has 2 heterocycles. The highest BCUT2D eigenvalue weighted by Crippen LogP contribution is 2.47. The Morgan fingerprint density at radius 2 is 0.765 bits per heavy atom. The highest BCUT2D eigenvalue weighted by Gasteiger charge is 2.32. The van der Waals surface area contributed by atoms with Gasteiger partial charge in [0.15, 0.2) is 17.1 Å². The normalized spacial score (nSPS) is 11.7. The zero-order chi connectivity index (χ0) is 58.9. The van der Waals surface area contributed by atoms with Crippen molar-refractivity contribution in [2.45, 2.75) is 19.3 Å². The number of nitrogens with zero attached hydrogens (tertiary/aromatic N) is 6. The van der Waals surface area contributed by atoms with Gasteiger partial charge in [0.2, 0.25) is 0 Å². The average Bonchev–Trinajstić information content (AvgIpc) is 2.02. The molecule has 0 saturated heterocycles. The van der Waals surface area contributed by atoms with Gasteiger partial charge in [-0.2, -0.15) is 31.6 Å². The van der Waals surface area contributed by atoms with Gasteiger partial charge in [-0.3, -0.25) is 0 Å². The summed E-state index contributed by atoms with van der Waals surface area (Å²) in [5, 5.41) is 13.1. The molecule has 13 aromatic rings. The number of aromatic nitrogens is 2. The van der Waals surface area contributed by atoms with Crippen molar-refractivity contribution < 1.29 is 26.3 Å². The maximum atomic E-state index is 14.2. The quantitative estimate of drug-likeness (QED) is 0.110. The summed E-state index contributed by atoms with van der Waals surface area (Å²) in [5.41, 5.74) is 13.1. The number of benzene rings is 11. The fourth-order valence-corrected chi connectivity index (χ4v) is 11.7. The van der Waals surface area contributed by atoms with Crippen LogP contribution in [0.15, 0.2) is 224 Å². The molecule has 2 aromatic heterocycles. The summed E-state index contributed by atoms with van der Waals surface area (Å²) in [5.74, 6) is 0. The van der Waals surface area contributed by atoms with E-state index < -0.39 is 23.5 Å². The molecule has 0 fully saturated rings. The van der Waals surface area contributed by atoms with Crippen LogP contribution in [0.5, 0.6) is 0 Å². The number of nitriles is 1. The van der Waals surface area contributed by atoms with E-state index in [1.807, 2.05) is 133 Å². The van der Waals surface area contributed by atoms with E-state index in [0.717, 1.165) is 95.7 Å². The molecule has 6 nitrogen and oxygen atoms in total. The van der Waals surface area contributed by atoms with Crippen LogP contribution in [0.4, 0.5) is 43.4 Å². The minimum absolute atomic E-state index is 0.319. The molecule has 0 N–H and O–H groups in total. The van der Waals surface area contributed by atoms with Crippen LogP contribution < -0.4 is 0 Å². The Morgan fingerprint density at radius 3 is 1.25 bits per heavy atom. The zero-order valence-electron chi connectivity index (χ0n) is 44.8. The summed E-state index contributed by atoms with van der Waals surface area (Å²) in [6.07, 6.45) is -9.15. The lowest BCUT2D eigenvalue weighted by Crippen LogP contribution is -2.05. The Labute approximate surface area is 483 Å². The van der Waals surface area contributed by atoms with Crippen molar-refractivity contribution >= 4 is 60.7 Å². The van der Waals surface area contributed by atoms with Crippen molar-refractivity contribution in [3.63, 3.8) is 0 Å². The van der Waals surface area contributed by atoms with Gasteiger partial charge in [-0.15, -0.1) is 0 Å². The predicted octanol–water partition coefficient (Wildman–Crippen LogP) is 21.8. The summed E-state index contributed by atoms with van der Waals surface area (Å²) >= 11 is 0. The van der Waals surface area contributed by atoms with E-state index in [9.17, 15) is 31.6 Å². The van der Waals surface area contributed by atoms with Gasteiger partial charge in [0.1, 0.15) is 0 Å². The van der Waals surface area contributed by atoms with E-state index in [2.05, 4.69) is 41.9 Å². The molecule has 0 atom stereocenters. The molecule has 0 bridgehead atoms. The van der Waals surface area contributed by atoms with Crippen molar-refractivity contribution in [2.75, 3.05) is 0 Å². The minimum atomic E-state index is -4.58. The second kappa shape index (κ2) is 20.5. The Hall–Kier alpha value is -11.4. The third-order valence-corrected chi connectivity index (χ3v) is 15.7. The Bertz CT molecular complexity index is 5010. The molecule has 13 rings (SSSR count). The average molecular weight is 1120 g/mol. The second-order valence-corrected chi connectivity index (χ2v) is 20.8. The number of alkyl halides is 6. The van der Waals surface area contributed by atoms with E-state index in [1.54, 1.807) is 49.4 Å². The summed E-state index contributed by atoms with van der Waals surface area (Å²) < 4.78 is 89.5. The number of halogens is 6. The number of fused-ring (bicyclic) bond motifs is 6. The monoisotopic (exact) mass is 1110 g/mol. The Kier molecular flexibility index (Phi) is 12.8. The topological polar surface area (TPSA) is 46.7 Å². The molecule has 0 aliphatic heterocycles. The summed E-state index contributed by atoms with van der Waals surface area (Å²) in [4.78, 5) is 11.3. The molecule has 0 unspecified atom stereocenters. The highest BCUT2D eigenvalue weighted by atomic mass is 19.4. The molecule has 404 valence electrons. The van der Waals surface area contributed by atoms with Gasteiger partial charge in [-0.25, -0.2) is 14.5 Å². The van der Waals surface area contributed by atoms with Crippen molar-refractivity contribution in [1.82, 2.24) is 9.13 Å². The number of hydrogen-bond acceptors (Lipinski definition) is 1. The van der Waals surface area contributed by atoms with E-state index >= 15 is 0 Å². The van der Waals surface area contributed by atoms with Crippen LogP contribution >= 0.6 is 0 Å². The molecular formula is C73H40F6N6. The Morgan fingerprint density at radius 1 is 0.353 bits per heavy atom. The maximum Gasteiger partial charge on any atom is 0.416 e. The first-order valence-corrected chi connectivity index (χ1v) is 26.7. The second-order valence-electron chi connectivity index (χ2n) is 20.8. The highest BCUT2D eigenvalue weighted by molar-refractivity contribution is 6.14. The molecule has 0 amide bonds. The van der Waals surface area contributed by atoms with Gasteiger partial charge in [-0.05, 0) is 189 Å². The first-order valence-electron chi connectivity index (χ1n) is 26.7. The molecule has 0 aliphatic carbocycles. The summed E-state index contributed by atoms with van der Waals surface area (Å²) in [7, 11) is 0. The van der Waals surface area contributed by atoms with Crippen LogP contribution in [0.1, 0.15) is 22.3 Å². The van der Waals surface area contributed by atoms with Gasteiger partial charge in [0.05, 0.1) is 75.9 Å². The SMILES string of the molecule is [C-]#[N+]c1cccc(-c2ccc3c(c2)c2cc(-c4cccc(C(F)(F)F)c4)ccc2n3-c2ccc([N+]#[C-])cc2-c2ccc(-c3ccc(C(F)(F)F)cc3C)cc2-n2c3ccc(-c4cccc(C#N)c4)cc3c3cc(-c4cccc([N+]#[C-])c4)ccc32)c1. The molecular weight excluding hydrogens is 1070 g/mol. The first-order chi connectivity index (χ1) is 41.1. The van der Waals surface area contributed by atoms with Gasteiger partial charge in [0, 0.05) is 27.1 Å². The molecule has 0 aliphatic rings. The first kappa shape index (κ1) is 52.9. The van der Waals surface area contributed by atoms with Crippen molar-refractivity contribution in [1.29, 1.82) is 5.26 Å². The maximum absolute atomic E-state index is 14.2. The van der Waals surface area contributed by atoms with Crippen LogP contribution in [0.3, 0.4) is 0 Å². The lowest BCUT2D eigenvalue weighted by molar-refractivity contribution is -0.138. The molecule has 85 heavy (non-hydrogen) atoms. The van der Waals surface area contributed by atoms with Gasteiger partial charge < -0.3 is 9.13 Å². The molecule has 0 spiro atoms. The zero-order valence-corrected chi connectivity index (χ0v) is 44.8. The van der Waals surface area contributed by atoms with Crippen LogP contribution in [-0.4, -0.2) is 9.13 Å². The van der Waals surface area contributed by atoms with Crippen molar-refractivity contribution in [2.24, 2.45) is 0 Å². The standard InChI is InChI=1S/C73H40F6N6/c1-43-31-55(73(77,78)79)22-25-59(43)53-17-24-60(71(40-53)85-68-28-18-49(45-10-5-9-44(32-45)42-80)36-63(68)64-39-52(21-29-69(64)85)48-13-8-16-57(35-48)82-3)65-41-58(83-4)23-30-70(65)84-66-26-19-50(46-11-6-14-54(33-46)72(74,75)76)37-61(66)62-38-51(20-27-67(62)84)47-12-7-15-56(34-47)81-2/h5-41H,1H3. The lowest BCUT2D eigenvalue weighted by Gasteiger charge is -2.21. The predicted molar refractivity (Wildman–Crippen MR) is 326 cm³/mol. The third-order valence-electron chi connectivity index (χ3n) is 15.7. The number of hydrogen-bond donors (Lipinski definition) is 0. The number of aryl methyl sites for hydroxylation is 1.